The van der Waals surface area contributed by atoms with Crippen molar-refractivity contribution in [3.05, 3.63) is 27.7 Å². The van der Waals surface area contributed by atoms with Gasteiger partial charge in [0.1, 0.15) is 5.75 Å². The second kappa shape index (κ2) is 5.52. The smallest absolute Gasteiger partial charge is 0.133 e. The van der Waals surface area contributed by atoms with Gasteiger partial charge in [-0.1, -0.05) is 19.9 Å². The second-order valence-corrected chi connectivity index (χ2v) is 4.62. The van der Waals surface area contributed by atoms with Crippen molar-refractivity contribution in [3.63, 3.8) is 0 Å². The summed E-state index contributed by atoms with van der Waals surface area (Å²) in [5, 5.41) is 8.98. The lowest BCUT2D eigenvalue weighted by atomic mass is 9.99. The quantitative estimate of drug-likeness (QED) is 0.913. The predicted octanol–water partition coefficient (Wildman–Crippen LogP) is 3.12. The molecule has 15 heavy (non-hydrogen) atoms. The minimum Gasteiger partial charge on any atom is -0.496 e. The third-order valence-electron chi connectivity index (χ3n) is 2.40. The van der Waals surface area contributed by atoms with E-state index in [1.54, 1.807) is 7.11 Å². The van der Waals surface area contributed by atoms with Gasteiger partial charge in [0, 0.05) is 6.61 Å². The molecule has 0 aromatic heterocycles. The van der Waals surface area contributed by atoms with E-state index in [1.165, 1.54) is 5.56 Å². The number of benzene rings is 1. The summed E-state index contributed by atoms with van der Waals surface area (Å²) >= 11 is 3.49. The standard InChI is InChI=1S/C12H17BrO2/c1-8(2)10-6-9(4-5-14)12(13)11(7-10)15-3/h6-8,14H,4-5H2,1-3H3. The third kappa shape index (κ3) is 2.95. The van der Waals surface area contributed by atoms with Gasteiger partial charge in [0.2, 0.25) is 0 Å². The molecule has 1 aromatic carbocycles. The van der Waals surface area contributed by atoms with Gasteiger partial charge in [-0.05, 0) is 45.5 Å². The van der Waals surface area contributed by atoms with E-state index in [0.29, 0.717) is 12.3 Å². The molecule has 0 radical (unpaired) electrons. The average Bonchev–Trinajstić information content (AvgIpc) is 2.21. The van der Waals surface area contributed by atoms with E-state index in [1.807, 2.05) is 6.07 Å². The Bertz CT molecular complexity index is 335. The van der Waals surface area contributed by atoms with Crippen molar-refractivity contribution >= 4 is 15.9 Å². The zero-order valence-electron chi connectivity index (χ0n) is 9.38. The molecule has 1 rings (SSSR count). The summed E-state index contributed by atoms with van der Waals surface area (Å²) in [5.41, 5.74) is 2.33. The number of ether oxygens (including phenoxy) is 1. The molecule has 0 aliphatic carbocycles. The first-order valence-corrected chi connectivity index (χ1v) is 5.86. The van der Waals surface area contributed by atoms with Crippen LogP contribution in [0.4, 0.5) is 0 Å². The van der Waals surface area contributed by atoms with E-state index in [0.717, 1.165) is 15.8 Å². The lowest BCUT2D eigenvalue weighted by Crippen LogP contribution is -1.98. The van der Waals surface area contributed by atoms with Crippen LogP contribution in [-0.2, 0) is 6.42 Å². The van der Waals surface area contributed by atoms with Gasteiger partial charge in [-0.3, -0.25) is 0 Å². The van der Waals surface area contributed by atoms with Gasteiger partial charge in [0.15, 0.2) is 0 Å². The molecule has 0 saturated heterocycles. The van der Waals surface area contributed by atoms with E-state index in [2.05, 4.69) is 35.8 Å². The monoisotopic (exact) mass is 272 g/mol. The maximum atomic E-state index is 8.98. The van der Waals surface area contributed by atoms with Crippen molar-refractivity contribution in [1.29, 1.82) is 0 Å². The molecule has 1 N–H and O–H groups in total. The van der Waals surface area contributed by atoms with Crippen molar-refractivity contribution in [3.8, 4) is 5.75 Å². The summed E-state index contributed by atoms with van der Waals surface area (Å²) in [4.78, 5) is 0. The fourth-order valence-electron chi connectivity index (χ4n) is 1.46. The number of hydrogen-bond acceptors (Lipinski definition) is 2. The molecular weight excluding hydrogens is 256 g/mol. The largest absolute Gasteiger partial charge is 0.496 e. The number of aliphatic hydroxyl groups is 1. The van der Waals surface area contributed by atoms with Crippen molar-refractivity contribution in [2.24, 2.45) is 0 Å². The molecule has 0 spiro atoms. The van der Waals surface area contributed by atoms with Crippen LogP contribution in [0.15, 0.2) is 16.6 Å². The molecule has 0 bridgehead atoms. The molecule has 84 valence electrons. The van der Waals surface area contributed by atoms with Crippen LogP contribution >= 0.6 is 15.9 Å². The fourth-order valence-corrected chi connectivity index (χ4v) is 2.05. The van der Waals surface area contributed by atoms with Gasteiger partial charge in [-0.25, -0.2) is 0 Å². The normalized spacial score (nSPS) is 10.8. The summed E-state index contributed by atoms with van der Waals surface area (Å²) < 4.78 is 6.24. The molecule has 0 unspecified atom stereocenters. The molecular formula is C12H17BrO2. The second-order valence-electron chi connectivity index (χ2n) is 3.82. The average molecular weight is 273 g/mol. The molecule has 0 atom stereocenters. The van der Waals surface area contributed by atoms with Crippen LogP contribution < -0.4 is 4.74 Å². The van der Waals surface area contributed by atoms with Crippen molar-refractivity contribution in [1.82, 2.24) is 0 Å². The molecule has 0 aliphatic heterocycles. The zero-order chi connectivity index (χ0) is 11.4. The zero-order valence-corrected chi connectivity index (χ0v) is 11.0. The highest BCUT2D eigenvalue weighted by atomic mass is 79.9. The first-order chi connectivity index (χ1) is 7.10. The van der Waals surface area contributed by atoms with Crippen LogP contribution in [0.3, 0.4) is 0 Å². The van der Waals surface area contributed by atoms with Gasteiger partial charge in [0.05, 0.1) is 11.6 Å². The summed E-state index contributed by atoms with van der Waals surface area (Å²) in [7, 11) is 1.66. The lowest BCUT2D eigenvalue weighted by Gasteiger charge is -2.13. The highest BCUT2D eigenvalue weighted by Crippen LogP contribution is 2.32. The van der Waals surface area contributed by atoms with Crippen LogP contribution in [0, 0.1) is 0 Å². The first-order valence-electron chi connectivity index (χ1n) is 5.07. The van der Waals surface area contributed by atoms with E-state index in [-0.39, 0.29) is 6.61 Å². The summed E-state index contributed by atoms with van der Waals surface area (Å²) in [6, 6.07) is 4.16. The van der Waals surface area contributed by atoms with Gasteiger partial charge in [-0.15, -0.1) is 0 Å². The maximum absolute atomic E-state index is 8.98. The Kier molecular flexibility index (Phi) is 4.61. The van der Waals surface area contributed by atoms with Crippen LogP contribution in [0.2, 0.25) is 0 Å². The highest BCUT2D eigenvalue weighted by Gasteiger charge is 2.10. The number of aliphatic hydroxyl groups excluding tert-OH is 1. The first kappa shape index (κ1) is 12.5. The van der Waals surface area contributed by atoms with Gasteiger partial charge in [0.25, 0.3) is 0 Å². The van der Waals surface area contributed by atoms with Crippen LogP contribution in [0.5, 0.6) is 5.75 Å². The lowest BCUT2D eigenvalue weighted by molar-refractivity contribution is 0.299. The minimum atomic E-state index is 0.156. The van der Waals surface area contributed by atoms with E-state index >= 15 is 0 Å². The van der Waals surface area contributed by atoms with Crippen LogP contribution in [-0.4, -0.2) is 18.8 Å². The molecule has 0 heterocycles. The highest BCUT2D eigenvalue weighted by molar-refractivity contribution is 9.10. The number of rotatable bonds is 4. The third-order valence-corrected chi connectivity index (χ3v) is 3.30. The van der Waals surface area contributed by atoms with Crippen LogP contribution in [0.25, 0.3) is 0 Å². The Morgan fingerprint density at radius 1 is 1.40 bits per heavy atom. The fraction of sp³-hybridized carbons (Fsp3) is 0.500. The topological polar surface area (TPSA) is 29.5 Å². The maximum Gasteiger partial charge on any atom is 0.133 e. The Balaban J connectivity index is 3.19. The SMILES string of the molecule is COc1cc(C(C)C)cc(CCO)c1Br. The number of methoxy groups -OCH3 is 1. The molecule has 1 aromatic rings. The van der Waals surface area contributed by atoms with Crippen LogP contribution in [0.1, 0.15) is 30.9 Å². The van der Waals surface area contributed by atoms with E-state index < -0.39 is 0 Å². The number of hydrogen-bond donors (Lipinski definition) is 1. The molecule has 0 fully saturated rings. The van der Waals surface area contributed by atoms with Crippen molar-refractivity contribution in [2.75, 3.05) is 13.7 Å². The van der Waals surface area contributed by atoms with Gasteiger partial charge in [-0.2, -0.15) is 0 Å². The van der Waals surface area contributed by atoms with Gasteiger partial charge < -0.3 is 9.84 Å². The van der Waals surface area contributed by atoms with Crippen molar-refractivity contribution < 1.29 is 9.84 Å². The minimum absolute atomic E-state index is 0.156. The van der Waals surface area contributed by atoms with Gasteiger partial charge >= 0.3 is 0 Å². The Labute approximate surface area is 99.4 Å². The predicted molar refractivity (Wildman–Crippen MR) is 65.6 cm³/mol. The molecule has 2 nitrogen and oxygen atoms in total. The van der Waals surface area contributed by atoms with E-state index in [9.17, 15) is 0 Å². The summed E-state index contributed by atoms with van der Waals surface area (Å²) in [5.74, 6) is 1.30. The van der Waals surface area contributed by atoms with E-state index in [4.69, 9.17) is 9.84 Å². The van der Waals surface area contributed by atoms with Crippen molar-refractivity contribution in [2.45, 2.75) is 26.2 Å². The molecule has 0 aliphatic rings. The molecule has 3 heteroatoms. The molecule has 0 amide bonds. The Hall–Kier alpha value is -0.540. The Morgan fingerprint density at radius 3 is 2.53 bits per heavy atom. The number of halogens is 1. The summed E-state index contributed by atoms with van der Waals surface area (Å²) in [6.07, 6.45) is 0.650. The molecule has 0 saturated carbocycles. The Morgan fingerprint density at radius 2 is 2.07 bits per heavy atom. The summed E-state index contributed by atoms with van der Waals surface area (Å²) in [6.45, 7) is 4.44.